The normalized spacial score (nSPS) is 26.5. The third-order valence-electron chi connectivity index (χ3n) is 2.89. The molecule has 1 heterocycles. The number of amides is 1. The summed E-state index contributed by atoms with van der Waals surface area (Å²) < 4.78 is 5.28. The van der Waals surface area contributed by atoms with Gasteiger partial charge in [-0.1, -0.05) is 0 Å². The molecular formula is C12H23NO4. The molecule has 0 saturated carbocycles. The van der Waals surface area contributed by atoms with Gasteiger partial charge >= 0.3 is 6.09 Å². The molecule has 1 rings (SSSR count). The first-order valence-electron chi connectivity index (χ1n) is 6.10. The van der Waals surface area contributed by atoms with Gasteiger partial charge in [0.25, 0.3) is 0 Å². The number of hydrogen-bond donors (Lipinski definition) is 2. The average Bonchev–Trinajstić information content (AvgIpc) is 2.37. The minimum Gasteiger partial charge on any atom is -0.444 e. The summed E-state index contributed by atoms with van der Waals surface area (Å²) in [6, 6.07) is 0. The van der Waals surface area contributed by atoms with E-state index in [0.717, 1.165) is 0 Å². The molecule has 0 radical (unpaired) electrons. The van der Waals surface area contributed by atoms with E-state index in [0.29, 0.717) is 25.9 Å². The van der Waals surface area contributed by atoms with E-state index in [1.165, 1.54) is 0 Å². The van der Waals surface area contributed by atoms with Gasteiger partial charge < -0.3 is 19.8 Å². The van der Waals surface area contributed by atoms with Crippen LogP contribution in [0.5, 0.6) is 0 Å². The molecule has 1 fully saturated rings. The molecule has 1 aliphatic heterocycles. The van der Waals surface area contributed by atoms with Crippen LogP contribution in [0.1, 0.15) is 33.6 Å². The minimum absolute atomic E-state index is 0.0384. The summed E-state index contributed by atoms with van der Waals surface area (Å²) in [6.45, 7) is 6.45. The zero-order chi connectivity index (χ0) is 13.1. The van der Waals surface area contributed by atoms with Crippen molar-refractivity contribution in [2.45, 2.75) is 45.3 Å². The second kappa shape index (κ2) is 5.69. The highest BCUT2D eigenvalue weighted by atomic mass is 16.6. The summed E-state index contributed by atoms with van der Waals surface area (Å²) in [7, 11) is 0. The lowest BCUT2D eigenvalue weighted by Gasteiger charge is -2.26. The van der Waals surface area contributed by atoms with Gasteiger partial charge in [0.15, 0.2) is 0 Å². The van der Waals surface area contributed by atoms with Crippen LogP contribution in [0.2, 0.25) is 0 Å². The van der Waals surface area contributed by atoms with Gasteiger partial charge in [-0.3, -0.25) is 0 Å². The highest BCUT2D eigenvalue weighted by Gasteiger charge is 2.28. The first kappa shape index (κ1) is 14.3. The Morgan fingerprint density at radius 2 is 1.94 bits per heavy atom. The van der Waals surface area contributed by atoms with E-state index in [2.05, 4.69) is 0 Å². The topological polar surface area (TPSA) is 70.0 Å². The van der Waals surface area contributed by atoms with Crippen molar-refractivity contribution in [3.8, 4) is 0 Å². The highest BCUT2D eigenvalue weighted by molar-refractivity contribution is 5.68. The molecule has 17 heavy (non-hydrogen) atoms. The van der Waals surface area contributed by atoms with Gasteiger partial charge in [-0.2, -0.15) is 0 Å². The summed E-state index contributed by atoms with van der Waals surface area (Å²) in [4.78, 5) is 13.4. The second-order valence-electron chi connectivity index (χ2n) is 5.55. The Hall–Kier alpha value is -0.810. The van der Waals surface area contributed by atoms with Gasteiger partial charge in [-0.05, 0) is 33.6 Å². The number of aliphatic hydroxyl groups is 2. The Labute approximate surface area is 102 Å². The molecule has 0 aromatic carbocycles. The fourth-order valence-electron chi connectivity index (χ4n) is 1.87. The molecular weight excluding hydrogens is 222 g/mol. The quantitative estimate of drug-likeness (QED) is 0.722. The van der Waals surface area contributed by atoms with Crippen LogP contribution in [0.15, 0.2) is 0 Å². The van der Waals surface area contributed by atoms with E-state index >= 15 is 0 Å². The molecule has 5 heteroatoms. The smallest absolute Gasteiger partial charge is 0.410 e. The Morgan fingerprint density at radius 1 is 1.35 bits per heavy atom. The summed E-state index contributed by atoms with van der Waals surface area (Å²) in [6.07, 6.45) is 0.220. The van der Waals surface area contributed by atoms with Crippen LogP contribution in [0.4, 0.5) is 4.79 Å². The number of ether oxygens (including phenoxy) is 1. The number of likely N-dealkylation sites (tertiary alicyclic amines) is 1. The predicted octanol–water partition coefficient (Wildman–Crippen LogP) is 0.987. The number of carbonyl (C=O) groups is 1. The average molecular weight is 245 g/mol. The van der Waals surface area contributed by atoms with E-state index < -0.39 is 11.7 Å². The van der Waals surface area contributed by atoms with Gasteiger partial charge in [-0.15, -0.1) is 0 Å². The van der Waals surface area contributed by atoms with Gasteiger partial charge in [0.2, 0.25) is 0 Å². The van der Waals surface area contributed by atoms with Gasteiger partial charge in [0.05, 0.1) is 6.10 Å². The van der Waals surface area contributed by atoms with E-state index in [-0.39, 0.29) is 18.6 Å². The van der Waals surface area contributed by atoms with E-state index in [9.17, 15) is 9.90 Å². The minimum atomic E-state index is -0.535. The fraction of sp³-hybridized carbons (Fsp3) is 0.917. The number of carbonyl (C=O) groups excluding carboxylic acids is 1. The first-order valence-corrected chi connectivity index (χ1v) is 6.10. The van der Waals surface area contributed by atoms with Crippen LogP contribution in [0.25, 0.3) is 0 Å². The zero-order valence-corrected chi connectivity index (χ0v) is 10.8. The highest BCUT2D eigenvalue weighted by Crippen LogP contribution is 2.19. The SMILES string of the molecule is CC(C)(C)OC(=O)N1CC[C@H](CO)[C@H](O)CC1. The molecule has 1 aliphatic rings. The summed E-state index contributed by atoms with van der Waals surface area (Å²) in [5.41, 5.74) is -0.502. The van der Waals surface area contributed by atoms with Crippen LogP contribution < -0.4 is 0 Å². The fourth-order valence-corrected chi connectivity index (χ4v) is 1.87. The maximum Gasteiger partial charge on any atom is 0.410 e. The molecule has 0 unspecified atom stereocenters. The lowest BCUT2D eigenvalue weighted by atomic mass is 9.99. The molecule has 0 spiro atoms. The molecule has 100 valence electrons. The Bertz CT molecular complexity index is 262. The molecule has 0 bridgehead atoms. The second-order valence-corrected chi connectivity index (χ2v) is 5.55. The largest absolute Gasteiger partial charge is 0.444 e. The summed E-state index contributed by atoms with van der Waals surface area (Å²) in [5.74, 6) is -0.137. The Kier molecular flexibility index (Phi) is 4.77. The van der Waals surface area contributed by atoms with Gasteiger partial charge in [0.1, 0.15) is 5.60 Å². The van der Waals surface area contributed by atoms with Crippen LogP contribution in [0.3, 0.4) is 0 Å². The molecule has 5 nitrogen and oxygen atoms in total. The molecule has 0 aliphatic carbocycles. The van der Waals surface area contributed by atoms with E-state index in [4.69, 9.17) is 9.84 Å². The van der Waals surface area contributed by atoms with E-state index in [1.54, 1.807) is 4.90 Å². The van der Waals surface area contributed by atoms with Crippen LogP contribution in [-0.2, 0) is 4.74 Å². The van der Waals surface area contributed by atoms with Crippen LogP contribution in [-0.4, -0.2) is 52.6 Å². The van der Waals surface area contributed by atoms with Crippen molar-refractivity contribution in [3.05, 3.63) is 0 Å². The number of hydrogen-bond acceptors (Lipinski definition) is 4. The monoisotopic (exact) mass is 245 g/mol. The number of aliphatic hydroxyl groups excluding tert-OH is 2. The third kappa shape index (κ3) is 4.52. The molecule has 2 atom stereocenters. The lowest BCUT2D eigenvalue weighted by Crippen LogP contribution is -2.37. The van der Waals surface area contributed by atoms with Crippen molar-refractivity contribution in [3.63, 3.8) is 0 Å². The zero-order valence-electron chi connectivity index (χ0n) is 10.8. The maximum atomic E-state index is 11.8. The van der Waals surface area contributed by atoms with Crippen molar-refractivity contribution in [1.29, 1.82) is 0 Å². The standard InChI is InChI=1S/C12H23NO4/c1-12(2,3)17-11(16)13-6-4-9(8-14)10(15)5-7-13/h9-10,14-15H,4-8H2,1-3H3/t9-,10-/m1/s1. The van der Waals surface area contributed by atoms with Crippen molar-refractivity contribution < 1.29 is 19.7 Å². The molecule has 2 N–H and O–H groups in total. The third-order valence-corrected chi connectivity index (χ3v) is 2.89. The van der Waals surface area contributed by atoms with E-state index in [1.807, 2.05) is 20.8 Å². The van der Waals surface area contributed by atoms with Gasteiger partial charge in [-0.25, -0.2) is 4.79 Å². The van der Waals surface area contributed by atoms with Crippen LogP contribution in [0, 0.1) is 5.92 Å². The van der Waals surface area contributed by atoms with Gasteiger partial charge in [0, 0.05) is 25.6 Å². The molecule has 0 aromatic heterocycles. The number of nitrogens with zero attached hydrogens (tertiary/aromatic N) is 1. The lowest BCUT2D eigenvalue weighted by molar-refractivity contribution is 0.0251. The van der Waals surface area contributed by atoms with Crippen molar-refractivity contribution in [2.75, 3.05) is 19.7 Å². The van der Waals surface area contributed by atoms with Crippen molar-refractivity contribution in [1.82, 2.24) is 4.90 Å². The molecule has 1 amide bonds. The maximum absolute atomic E-state index is 11.8. The molecule has 0 aromatic rings. The van der Waals surface area contributed by atoms with Crippen molar-refractivity contribution >= 4 is 6.09 Å². The Morgan fingerprint density at radius 3 is 2.47 bits per heavy atom. The summed E-state index contributed by atoms with van der Waals surface area (Å²) in [5, 5.41) is 18.8. The Balaban J connectivity index is 2.53. The predicted molar refractivity (Wildman–Crippen MR) is 63.6 cm³/mol. The first-order chi connectivity index (χ1) is 7.83. The van der Waals surface area contributed by atoms with Crippen molar-refractivity contribution in [2.24, 2.45) is 5.92 Å². The summed E-state index contributed by atoms with van der Waals surface area (Å²) >= 11 is 0. The molecule has 1 saturated heterocycles. The number of rotatable bonds is 1. The van der Waals surface area contributed by atoms with Crippen LogP contribution >= 0.6 is 0 Å².